The summed E-state index contributed by atoms with van der Waals surface area (Å²) in [7, 11) is 1.62. The highest BCUT2D eigenvalue weighted by atomic mass is 32.2. The largest absolute Gasteiger partial charge is 0.481 e. The molecule has 0 spiro atoms. The molecule has 104 valence electrons. The highest BCUT2D eigenvalue weighted by Gasteiger charge is 2.11. The molecule has 19 heavy (non-hydrogen) atoms. The van der Waals surface area contributed by atoms with Gasteiger partial charge in [0, 0.05) is 49.3 Å². The van der Waals surface area contributed by atoms with E-state index in [1.165, 1.54) is 0 Å². The van der Waals surface area contributed by atoms with Crippen molar-refractivity contribution in [3.63, 3.8) is 0 Å². The van der Waals surface area contributed by atoms with Crippen LogP contribution in [0.3, 0.4) is 0 Å². The fourth-order valence-electron chi connectivity index (χ4n) is 1.89. The van der Waals surface area contributed by atoms with Gasteiger partial charge in [0.2, 0.25) is 5.88 Å². The van der Waals surface area contributed by atoms with Crippen molar-refractivity contribution in [1.82, 2.24) is 9.88 Å². The molecule has 2 heterocycles. The number of guanidine groups is 1. The predicted molar refractivity (Wildman–Crippen MR) is 79.9 cm³/mol. The minimum absolute atomic E-state index is 0.641. The molecule has 2 N–H and O–H groups in total. The molecule has 1 aromatic heterocycles. The smallest absolute Gasteiger partial charge is 0.213 e. The molecule has 1 aromatic rings. The second-order valence-corrected chi connectivity index (χ2v) is 5.49. The zero-order valence-corrected chi connectivity index (χ0v) is 12.0. The molecule has 0 bridgehead atoms. The summed E-state index contributed by atoms with van der Waals surface area (Å²) in [5, 5.41) is 0. The zero-order valence-electron chi connectivity index (χ0n) is 11.2. The van der Waals surface area contributed by atoms with Gasteiger partial charge in [0.15, 0.2) is 5.96 Å². The van der Waals surface area contributed by atoms with Gasteiger partial charge in [0.05, 0.1) is 7.11 Å². The Morgan fingerprint density at radius 3 is 3.00 bits per heavy atom. The number of rotatable bonds is 4. The molecule has 1 aliphatic rings. The average Bonchev–Trinajstić information content (AvgIpc) is 2.48. The van der Waals surface area contributed by atoms with Crippen molar-refractivity contribution >= 4 is 17.7 Å². The number of nitrogens with two attached hydrogens (primary N) is 1. The van der Waals surface area contributed by atoms with Gasteiger partial charge >= 0.3 is 0 Å². The van der Waals surface area contributed by atoms with Crippen LogP contribution in [-0.2, 0) is 6.42 Å². The fraction of sp³-hybridized carbons (Fsp3) is 0.538. The van der Waals surface area contributed by atoms with Crippen molar-refractivity contribution in [3.8, 4) is 5.88 Å². The number of hydrogen-bond donors (Lipinski definition) is 1. The Kier molecular flexibility index (Phi) is 5.32. The van der Waals surface area contributed by atoms with E-state index in [1.54, 1.807) is 7.11 Å². The third kappa shape index (κ3) is 4.31. The molecule has 0 unspecified atom stereocenters. The Bertz CT molecular complexity index is 432. The molecular weight excluding hydrogens is 260 g/mol. The van der Waals surface area contributed by atoms with Crippen molar-refractivity contribution < 1.29 is 4.74 Å². The summed E-state index contributed by atoms with van der Waals surface area (Å²) >= 11 is 1.96. The summed E-state index contributed by atoms with van der Waals surface area (Å²) in [6.07, 6.45) is 0.778. The van der Waals surface area contributed by atoms with Crippen molar-refractivity contribution in [2.24, 2.45) is 10.7 Å². The van der Waals surface area contributed by atoms with Crippen molar-refractivity contribution in [1.29, 1.82) is 0 Å². The summed E-state index contributed by atoms with van der Waals surface area (Å²) in [5.41, 5.74) is 6.97. The van der Waals surface area contributed by atoms with Crippen molar-refractivity contribution in [3.05, 3.63) is 23.9 Å². The van der Waals surface area contributed by atoms with Crippen LogP contribution >= 0.6 is 11.8 Å². The summed E-state index contributed by atoms with van der Waals surface area (Å²) in [4.78, 5) is 10.9. The van der Waals surface area contributed by atoms with Gasteiger partial charge in [-0.3, -0.25) is 4.99 Å². The molecular formula is C13H20N4OS. The Hall–Kier alpha value is -1.43. The van der Waals surface area contributed by atoms with E-state index in [-0.39, 0.29) is 0 Å². The SMILES string of the molecule is COc1cccc(CCN=C(N)N2CCSCC2)n1. The van der Waals surface area contributed by atoms with Crippen LogP contribution in [-0.4, -0.2) is 54.1 Å². The molecule has 5 nitrogen and oxygen atoms in total. The second kappa shape index (κ2) is 7.23. The van der Waals surface area contributed by atoms with Crippen LogP contribution in [0.25, 0.3) is 0 Å². The lowest BCUT2D eigenvalue weighted by Crippen LogP contribution is -2.42. The van der Waals surface area contributed by atoms with E-state index in [4.69, 9.17) is 10.5 Å². The van der Waals surface area contributed by atoms with E-state index in [0.29, 0.717) is 18.4 Å². The van der Waals surface area contributed by atoms with Gasteiger partial charge in [-0.1, -0.05) is 6.07 Å². The Morgan fingerprint density at radius 1 is 1.47 bits per heavy atom. The first-order valence-electron chi connectivity index (χ1n) is 6.42. The Balaban J connectivity index is 1.84. The second-order valence-electron chi connectivity index (χ2n) is 4.26. The van der Waals surface area contributed by atoms with E-state index in [9.17, 15) is 0 Å². The van der Waals surface area contributed by atoms with Gasteiger partial charge in [0.25, 0.3) is 0 Å². The van der Waals surface area contributed by atoms with Crippen molar-refractivity contribution in [2.45, 2.75) is 6.42 Å². The molecule has 1 aliphatic heterocycles. The highest BCUT2D eigenvalue weighted by Crippen LogP contribution is 2.09. The number of hydrogen-bond acceptors (Lipinski definition) is 4. The molecule has 6 heteroatoms. The Labute approximate surface area is 118 Å². The van der Waals surface area contributed by atoms with E-state index in [0.717, 1.165) is 36.7 Å². The number of methoxy groups -OCH3 is 1. The zero-order chi connectivity index (χ0) is 13.5. The standard InChI is InChI=1S/C13H20N4OS/c1-18-12-4-2-3-11(16-12)5-6-15-13(14)17-7-9-19-10-8-17/h2-4H,5-10H2,1H3,(H2,14,15). The number of thioether (sulfide) groups is 1. The first-order chi connectivity index (χ1) is 9.29. The average molecular weight is 280 g/mol. The monoisotopic (exact) mass is 280 g/mol. The number of aromatic nitrogens is 1. The molecule has 0 amide bonds. The number of aliphatic imine (C=N–C) groups is 1. The van der Waals surface area contributed by atoms with Gasteiger partial charge in [0.1, 0.15) is 0 Å². The third-order valence-corrected chi connectivity index (χ3v) is 3.91. The summed E-state index contributed by atoms with van der Waals surface area (Å²) in [6, 6.07) is 5.76. The number of ether oxygens (including phenoxy) is 1. The van der Waals surface area contributed by atoms with Gasteiger partial charge in [-0.15, -0.1) is 0 Å². The van der Waals surface area contributed by atoms with Crippen LogP contribution in [0.5, 0.6) is 5.88 Å². The number of pyridine rings is 1. The molecule has 0 atom stereocenters. The van der Waals surface area contributed by atoms with E-state index < -0.39 is 0 Å². The van der Waals surface area contributed by atoms with Crippen LogP contribution in [0.2, 0.25) is 0 Å². The summed E-state index contributed by atoms with van der Waals surface area (Å²) < 4.78 is 5.10. The van der Waals surface area contributed by atoms with Crippen LogP contribution < -0.4 is 10.5 Å². The van der Waals surface area contributed by atoms with Gasteiger partial charge < -0.3 is 15.4 Å². The molecule has 0 saturated carbocycles. The molecule has 1 saturated heterocycles. The molecule has 0 aromatic carbocycles. The lowest BCUT2D eigenvalue weighted by molar-refractivity contribution is 0.396. The maximum Gasteiger partial charge on any atom is 0.213 e. The van der Waals surface area contributed by atoms with Gasteiger partial charge in [-0.05, 0) is 6.07 Å². The quantitative estimate of drug-likeness (QED) is 0.658. The Morgan fingerprint density at radius 2 is 2.26 bits per heavy atom. The van der Waals surface area contributed by atoms with E-state index >= 15 is 0 Å². The number of nitrogens with zero attached hydrogens (tertiary/aromatic N) is 3. The van der Waals surface area contributed by atoms with Crippen molar-refractivity contribution in [2.75, 3.05) is 38.2 Å². The first kappa shape index (κ1) is 14.0. The molecule has 2 rings (SSSR count). The first-order valence-corrected chi connectivity index (χ1v) is 7.57. The highest BCUT2D eigenvalue weighted by molar-refractivity contribution is 7.99. The molecule has 0 aliphatic carbocycles. The minimum atomic E-state index is 0.641. The predicted octanol–water partition coefficient (Wildman–Crippen LogP) is 0.996. The minimum Gasteiger partial charge on any atom is -0.481 e. The molecule has 1 fully saturated rings. The van der Waals surface area contributed by atoms with Gasteiger partial charge in [-0.25, -0.2) is 4.98 Å². The van der Waals surface area contributed by atoms with Crippen LogP contribution in [0, 0.1) is 0 Å². The maximum absolute atomic E-state index is 5.99. The lowest BCUT2D eigenvalue weighted by Gasteiger charge is -2.27. The maximum atomic E-state index is 5.99. The van der Waals surface area contributed by atoms with Gasteiger partial charge in [-0.2, -0.15) is 11.8 Å². The summed E-state index contributed by atoms with van der Waals surface area (Å²) in [5.74, 6) is 3.56. The molecule has 0 radical (unpaired) electrons. The lowest BCUT2D eigenvalue weighted by atomic mass is 10.3. The van der Waals surface area contributed by atoms with E-state index in [2.05, 4.69) is 14.9 Å². The van der Waals surface area contributed by atoms with Crippen LogP contribution in [0.15, 0.2) is 23.2 Å². The van der Waals surface area contributed by atoms with Crippen LogP contribution in [0.4, 0.5) is 0 Å². The van der Waals surface area contributed by atoms with Crippen LogP contribution in [0.1, 0.15) is 5.69 Å². The summed E-state index contributed by atoms with van der Waals surface area (Å²) in [6.45, 7) is 2.66. The normalized spacial score (nSPS) is 16.5. The topological polar surface area (TPSA) is 63.7 Å². The van der Waals surface area contributed by atoms with E-state index in [1.807, 2.05) is 30.0 Å². The fourth-order valence-corrected chi connectivity index (χ4v) is 2.79. The third-order valence-electron chi connectivity index (χ3n) is 2.97.